The van der Waals surface area contributed by atoms with Gasteiger partial charge in [0.1, 0.15) is 0 Å². The van der Waals surface area contributed by atoms with E-state index >= 15 is 0 Å². The fourth-order valence-electron chi connectivity index (χ4n) is 1.59. The predicted molar refractivity (Wildman–Crippen MR) is 71.9 cm³/mol. The van der Waals surface area contributed by atoms with Crippen LogP contribution < -0.4 is 5.32 Å². The first-order valence-electron chi connectivity index (χ1n) is 5.59. The number of hydrogen-bond donors (Lipinski definition) is 1. The van der Waals surface area contributed by atoms with Gasteiger partial charge in [0.25, 0.3) is 0 Å². The minimum Gasteiger partial charge on any atom is -0.374 e. The van der Waals surface area contributed by atoms with Crippen LogP contribution in [-0.2, 0) is 6.54 Å². The Labute approximate surface area is 109 Å². The molecule has 0 aromatic carbocycles. The van der Waals surface area contributed by atoms with Crippen molar-refractivity contribution in [2.45, 2.75) is 26.4 Å². The molecule has 2 rings (SSSR count). The van der Waals surface area contributed by atoms with Gasteiger partial charge in [0.2, 0.25) is 0 Å². The van der Waals surface area contributed by atoms with E-state index in [9.17, 15) is 0 Å². The molecule has 1 unspecified atom stereocenters. The highest BCUT2D eigenvalue weighted by atomic mass is 79.9. The smallest absolute Gasteiger partial charge is 0.0731 e. The van der Waals surface area contributed by atoms with Gasteiger partial charge in [0.15, 0.2) is 0 Å². The van der Waals surface area contributed by atoms with E-state index in [1.165, 1.54) is 0 Å². The highest BCUT2D eigenvalue weighted by molar-refractivity contribution is 9.10. The lowest BCUT2D eigenvalue weighted by Gasteiger charge is -2.13. The van der Waals surface area contributed by atoms with E-state index in [0.717, 1.165) is 22.4 Å². The second-order valence-electron chi connectivity index (χ2n) is 3.85. The second kappa shape index (κ2) is 5.31. The molecule has 0 spiro atoms. The Balaban J connectivity index is 2.08. The summed E-state index contributed by atoms with van der Waals surface area (Å²) in [6.45, 7) is 5.03. The Morgan fingerprint density at radius 3 is 3.00 bits per heavy atom. The van der Waals surface area contributed by atoms with Crippen molar-refractivity contribution in [2.75, 3.05) is 5.32 Å². The lowest BCUT2D eigenvalue weighted by atomic mass is 10.2. The van der Waals surface area contributed by atoms with Crippen LogP contribution in [0.25, 0.3) is 0 Å². The molecule has 0 aliphatic carbocycles. The maximum atomic E-state index is 4.34. The van der Waals surface area contributed by atoms with E-state index in [2.05, 4.69) is 45.2 Å². The van der Waals surface area contributed by atoms with Crippen LogP contribution in [0.1, 0.15) is 25.6 Å². The Morgan fingerprint density at radius 1 is 1.53 bits per heavy atom. The van der Waals surface area contributed by atoms with Crippen LogP contribution in [0.15, 0.2) is 35.2 Å². The van der Waals surface area contributed by atoms with E-state index in [4.69, 9.17) is 0 Å². The van der Waals surface area contributed by atoms with E-state index in [1.807, 2.05) is 29.2 Å². The molecule has 0 radical (unpaired) electrons. The monoisotopic (exact) mass is 294 g/mol. The number of nitrogens with zero attached hydrogens (tertiary/aromatic N) is 3. The molecule has 0 fully saturated rings. The SMILES string of the molecule is CCn1cc(NC(C)c2cc(Br)ccn2)cn1. The fourth-order valence-corrected chi connectivity index (χ4v) is 1.95. The van der Waals surface area contributed by atoms with Crippen LogP contribution in [0.4, 0.5) is 5.69 Å². The van der Waals surface area contributed by atoms with Crippen LogP contribution in [0.5, 0.6) is 0 Å². The van der Waals surface area contributed by atoms with Gasteiger partial charge in [-0.25, -0.2) is 0 Å². The fraction of sp³-hybridized carbons (Fsp3) is 0.333. The first-order valence-corrected chi connectivity index (χ1v) is 6.38. The molecule has 0 aliphatic rings. The van der Waals surface area contributed by atoms with Crippen molar-refractivity contribution in [1.29, 1.82) is 0 Å². The summed E-state index contributed by atoms with van der Waals surface area (Å²) in [6.07, 6.45) is 5.62. The summed E-state index contributed by atoms with van der Waals surface area (Å²) < 4.78 is 2.93. The summed E-state index contributed by atoms with van der Waals surface area (Å²) in [5.41, 5.74) is 2.02. The van der Waals surface area contributed by atoms with E-state index in [-0.39, 0.29) is 6.04 Å². The van der Waals surface area contributed by atoms with Gasteiger partial charge in [-0.3, -0.25) is 9.67 Å². The molecule has 0 saturated carbocycles. The lowest BCUT2D eigenvalue weighted by molar-refractivity contribution is 0.660. The molecular weight excluding hydrogens is 280 g/mol. The van der Waals surface area contributed by atoms with Crippen molar-refractivity contribution in [3.05, 3.63) is 40.9 Å². The number of aryl methyl sites for hydroxylation is 1. The van der Waals surface area contributed by atoms with Gasteiger partial charge in [-0.2, -0.15) is 5.10 Å². The molecule has 2 heterocycles. The normalized spacial score (nSPS) is 12.4. The van der Waals surface area contributed by atoms with Gasteiger partial charge in [-0.1, -0.05) is 15.9 Å². The summed E-state index contributed by atoms with van der Waals surface area (Å²) in [5, 5.41) is 7.60. The number of halogens is 1. The molecular formula is C12H15BrN4. The number of aromatic nitrogens is 3. The zero-order chi connectivity index (χ0) is 12.3. The van der Waals surface area contributed by atoms with Gasteiger partial charge >= 0.3 is 0 Å². The van der Waals surface area contributed by atoms with Crippen LogP contribution in [0, 0.1) is 0 Å². The van der Waals surface area contributed by atoms with Crippen molar-refractivity contribution in [3.8, 4) is 0 Å². The van der Waals surface area contributed by atoms with Gasteiger partial charge < -0.3 is 5.32 Å². The first-order chi connectivity index (χ1) is 8.19. The third-order valence-corrected chi connectivity index (χ3v) is 3.02. The highest BCUT2D eigenvalue weighted by Gasteiger charge is 2.08. The van der Waals surface area contributed by atoms with Crippen LogP contribution in [0.2, 0.25) is 0 Å². The van der Waals surface area contributed by atoms with Crippen LogP contribution >= 0.6 is 15.9 Å². The molecule has 0 amide bonds. The van der Waals surface area contributed by atoms with Crippen molar-refractivity contribution < 1.29 is 0 Å². The largest absolute Gasteiger partial charge is 0.374 e. The Kier molecular flexibility index (Phi) is 3.78. The molecule has 0 aliphatic heterocycles. The minimum absolute atomic E-state index is 0.155. The summed E-state index contributed by atoms with van der Waals surface area (Å²) >= 11 is 3.45. The maximum Gasteiger partial charge on any atom is 0.0731 e. The Bertz CT molecular complexity index is 495. The van der Waals surface area contributed by atoms with Gasteiger partial charge in [0, 0.05) is 23.4 Å². The minimum atomic E-state index is 0.155. The molecule has 90 valence electrons. The van der Waals surface area contributed by atoms with Crippen LogP contribution in [0.3, 0.4) is 0 Å². The molecule has 5 heteroatoms. The van der Waals surface area contributed by atoms with Crippen LogP contribution in [-0.4, -0.2) is 14.8 Å². The molecule has 0 bridgehead atoms. The molecule has 17 heavy (non-hydrogen) atoms. The average Bonchev–Trinajstić information content (AvgIpc) is 2.77. The number of rotatable bonds is 4. The molecule has 4 nitrogen and oxygen atoms in total. The zero-order valence-corrected chi connectivity index (χ0v) is 11.5. The third-order valence-electron chi connectivity index (χ3n) is 2.53. The Hall–Kier alpha value is -1.36. The van der Waals surface area contributed by atoms with Crippen molar-refractivity contribution in [3.63, 3.8) is 0 Å². The second-order valence-corrected chi connectivity index (χ2v) is 4.77. The van der Waals surface area contributed by atoms with E-state index in [0.29, 0.717) is 0 Å². The van der Waals surface area contributed by atoms with Crippen molar-refractivity contribution >= 4 is 21.6 Å². The zero-order valence-electron chi connectivity index (χ0n) is 9.89. The molecule has 2 aromatic heterocycles. The third kappa shape index (κ3) is 3.06. The molecule has 1 N–H and O–H groups in total. The summed E-state index contributed by atoms with van der Waals surface area (Å²) in [6, 6.07) is 4.09. The highest BCUT2D eigenvalue weighted by Crippen LogP contribution is 2.19. The predicted octanol–water partition coefficient (Wildman–Crippen LogP) is 3.23. The average molecular weight is 295 g/mol. The van der Waals surface area contributed by atoms with Gasteiger partial charge in [-0.15, -0.1) is 0 Å². The summed E-state index contributed by atoms with van der Waals surface area (Å²) in [5.74, 6) is 0. The molecule has 0 saturated heterocycles. The summed E-state index contributed by atoms with van der Waals surface area (Å²) in [4.78, 5) is 4.34. The Morgan fingerprint density at radius 2 is 2.35 bits per heavy atom. The first kappa shape index (κ1) is 12.1. The maximum absolute atomic E-state index is 4.34. The van der Waals surface area contributed by atoms with Gasteiger partial charge in [-0.05, 0) is 26.0 Å². The number of hydrogen-bond acceptors (Lipinski definition) is 3. The van der Waals surface area contributed by atoms with Crippen molar-refractivity contribution in [2.24, 2.45) is 0 Å². The number of nitrogens with one attached hydrogen (secondary N) is 1. The van der Waals surface area contributed by atoms with E-state index in [1.54, 1.807) is 6.20 Å². The standard InChI is InChI=1S/C12H15BrN4/c1-3-17-8-11(7-15-17)16-9(2)12-6-10(13)4-5-14-12/h4-9,16H,3H2,1-2H3. The number of pyridine rings is 1. The summed E-state index contributed by atoms with van der Waals surface area (Å²) in [7, 11) is 0. The van der Waals surface area contributed by atoms with Gasteiger partial charge in [0.05, 0.1) is 23.6 Å². The van der Waals surface area contributed by atoms with E-state index < -0.39 is 0 Å². The molecule has 2 aromatic rings. The lowest BCUT2D eigenvalue weighted by Crippen LogP contribution is -2.07. The molecule has 1 atom stereocenters. The number of anilines is 1. The quantitative estimate of drug-likeness (QED) is 0.941. The topological polar surface area (TPSA) is 42.7 Å². The van der Waals surface area contributed by atoms with Crippen molar-refractivity contribution in [1.82, 2.24) is 14.8 Å².